The van der Waals surface area contributed by atoms with Crippen molar-refractivity contribution in [3.63, 3.8) is 0 Å². The molecule has 1 aliphatic carbocycles. The highest BCUT2D eigenvalue weighted by Crippen LogP contribution is 2.38. The van der Waals surface area contributed by atoms with E-state index in [4.69, 9.17) is 0 Å². The normalized spacial score (nSPS) is 30.3. The summed E-state index contributed by atoms with van der Waals surface area (Å²) >= 11 is 0. The van der Waals surface area contributed by atoms with Crippen LogP contribution in [0.1, 0.15) is 53.4 Å². The molecule has 0 radical (unpaired) electrons. The lowest BCUT2D eigenvalue weighted by Gasteiger charge is -2.49. The zero-order valence-electron chi connectivity index (χ0n) is 13.2. The molecule has 1 rings (SSSR count). The molecule has 0 aliphatic heterocycles. The first kappa shape index (κ1) is 15.7. The second kappa shape index (κ2) is 6.72. The first-order valence-electron chi connectivity index (χ1n) is 7.48. The molecule has 2 heteroatoms. The third-order valence-corrected chi connectivity index (χ3v) is 4.40. The van der Waals surface area contributed by atoms with Crippen molar-refractivity contribution in [2.45, 2.75) is 65.0 Å². The lowest BCUT2D eigenvalue weighted by molar-refractivity contribution is 0.0528. The Morgan fingerprint density at radius 3 is 2.56 bits per heavy atom. The molecule has 1 aliphatic rings. The summed E-state index contributed by atoms with van der Waals surface area (Å²) in [7, 11) is 4.50. The number of hydrogen-bond acceptors (Lipinski definition) is 2. The second-order valence-corrected chi connectivity index (χ2v) is 6.48. The van der Waals surface area contributed by atoms with Crippen LogP contribution >= 0.6 is 0 Å². The maximum absolute atomic E-state index is 3.71. The van der Waals surface area contributed by atoms with Gasteiger partial charge in [0, 0.05) is 11.6 Å². The monoisotopic (exact) mass is 252 g/mol. The topological polar surface area (TPSA) is 15.3 Å². The summed E-state index contributed by atoms with van der Waals surface area (Å²) in [5, 5.41) is 3.71. The van der Waals surface area contributed by atoms with Crippen LogP contribution in [0.3, 0.4) is 0 Å². The molecule has 1 N–H and O–H groups in total. The first-order chi connectivity index (χ1) is 8.42. The highest BCUT2D eigenvalue weighted by molar-refractivity contribution is 5.13. The fourth-order valence-electron chi connectivity index (χ4n) is 3.49. The number of hydrogen-bond donors (Lipinski definition) is 1. The molecule has 18 heavy (non-hydrogen) atoms. The smallest absolute Gasteiger partial charge is 0.0438 e. The van der Waals surface area contributed by atoms with E-state index in [9.17, 15) is 0 Å². The minimum atomic E-state index is 0.297. The SMILES string of the molecule is CCNC(C=C(C)C)C1(N(C)C)CCCC(C)C1. The predicted molar refractivity (Wildman–Crippen MR) is 80.9 cm³/mol. The lowest BCUT2D eigenvalue weighted by atomic mass is 9.71. The van der Waals surface area contributed by atoms with Gasteiger partial charge in [0.15, 0.2) is 0 Å². The molecule has 1 fully saturated rings. The molecule has 0 aromatic carbocycles. The Hall–Kier alpha value is -0.340. The van der Waals surface area contributed by atoms with Gasteiger partial charge in [0.2, 0.25) is 0 Å². The van der Waals surface area contributed by atoms with Gasteiger partial charge >= 0.3 is 0 Å². The van der Waals surface area contributed by atoms with Crippen molar-refractivity contribution in [2.75, 3.05) is 20.6 Å². The Balaban J connectivity index is 3.02. The molecule has 0 saturated heterocycles. The summed E-state index contributed by atoms with van der Waals surface area (Å²) in [6.07, 6.45) is 7.80. The van der Waals surface area contributed by atoms with Crippen LogP contribution in [0.4, 0.5) is 0 Å². The Morgan fingerprint density at radius 2 is 2.11 bits per heavy atom. The third kappa shape index (κ3) is 3.58. The average Bonchev–Trinajstić information content (AvgIpc) is 2.27. The highest BCUT2D eigenvalue weighted by atomic mass is 15.2. The van der Waals surface area contributed by atoms with E-state index in [2.05, 4.69) is 58.1 Å². The standard InChI is InChI=1S/C16H32N2/c1-7-17-15(11-13(2)3)16(18(5)6)10-8-9-14(4)12-16/h11,14-15,17H,7-10,12H2,1-6H3. The number of nitrogens with zero attached hydrogens (tertiary/aromatic N) is 1. The van der Waals surface area contributed by atoms with Crippen LogP contribution in [0.15, 0.2) is 11.6 Å². The zero-order chi connectivity index (χ0) is 13.8. The summed E-state index contributed by atoms with van der Waals surface area (Å²) in [5.41, 5.74) is 1.71. The first-order valence-corrected chi connectivity index (χ1v) is 7.48. The van der Waals surface area contributed by atoms with Gasteiger partial charge < -0.3 is 10.2 Å². The summed E-state index contributed by atoms with van der Waals surface area (Å²) in [4.78, 5) is 2.47. The molecule has 106 valence electrons. The zero-order valence-corrected chi connectivity index (χ0v) is 13.2. The molecule has 1 saturated carbocycles. The molecule has 0 spiro atoms. The molecule has 0 aromatic heterocycles. The second-order valence-electron chi connectivity index (χ2n) is 6.48. The number of nitrogens with one attached hydrogen (secondary N) is 1. The molecular formula is C16H32N2. The molecule has 3 unspecified atom stereocenters. The summed E-state index contributed by atoms with van der Waals surface area (Å²) in [6.45, 7) is 10.1. The van der Waals surface area contributed by atoms with E-state index >= 15 is 0 Å². The average molecular weight is 252 g/mol. The van der Waals surface area contributed by atoms with E-state index in [1.54, 1.807) is 0 Å². The summed E-state index contributed by atoms with van der Waals surface area (Å²) < 4.78 is 0. The number of likely N-dealkylation sites (N-methyl/N-ethyl adjacent to an activating group) is 2. The van der Waals surface area contributed by atoms with Crippen LogP contribution in [0.25, 0.3) is 0 Å². The van der Waals surface area contributed by atoms with Gasteiger partial charge in [0.1, 0.15) is 0 Å². The van der Waals surface area contributed by atoms with Gasteiger partial charge in [-0.2, -0.15) is 0 Å². The minimum Gasteiger partial charge on any atom is -0.309 e. The maximum atomic E-state index is 3.71. The van der Waals surface area contributed by atoms with Gasteiger partial charge in [0.25, 0.3) is 0 Å². The Bertz CT molecular complexity index is 279. The Labute approximate surface area is 114 Å². The highest BCUT2D eigenvalue weighted by Gasteiger charge is 2.42. The van der Waals surface area contributed by atoms with Crippen LogP contribution in [0, 0.1) is 5.92 Å². The molecule has 3 atom stereocenters. The van der Waals surface area contributed by atoms with E-state index in [1.807, 2.05) is 0 Å². The van der Waals surface area contributed by atoms with Gasteiger partial charge in [-0.25, -0.2) is 0 Å². The maximum Gasteiger partial charge on any atom is 0.0438 e. The van der Waals surface area contributed by atoms with Crippen molar-refractivity contribution >= 4 is 0 Å². The Morgan fingerprint density at radius 1 is 1.44 bits per heavy atom. The van der Waals surface area contributed by atoms with Crippen LogP contribution in [0.2, 0.25) is 0 Å². The van der Waals surface area contributed by atoms with Gasteiger partial charge in [-0.05, 0) is 53.2 Å². The van der Waals surface area contributed by atoms with Crippen LogP contribution in [-0.2, 0) is 0 Å². The van der Waals surface area contributed by atoms with E-state index in [0.717, 1.165) is 12.5 Å². The van der Waals surface area contributed by atoms with E-state index in [1.165, 1.54) is 31.3 Å². The summed E-state index contributed by atoms with van der Waals surface area (Å²) in [5.74, 6) is 0.841. The number of allylic oxidation sites excluding steroid dienone is 1. The third-order valence-electron chi connectivity index (χ3n) is 4.40. The van der Waals surface area contributed by atoms with Crippen molar-refractivity contribution in [3.8, 4) is 0 Å². The fourth-order valence-corrected chi connectivity index (χ4v) is 3.49. The predicted octanol–water partition coefficient (Wildman–Crippen LogP) is 3.44. The van der Waals surface area contributed by atoms with Gasteiger partial charge in [0.05, 0.1) is 0 Å². The minimum absolute atomic E-state index is 0.297. The van der Waals surface area contributed by atoms with Crippen molar-refractivity contribution in [3.05, 3.63) is 11.6 Å². The fraction of sp³-hybridized carbons (Fsp3) is 0.875. The molecule has 0 amide bonds. The quantitative estimate of drug-likeness (QED) is 0.754. The van der Waals surface area contributed by atoms with Crippen molar-refractivity contribution < 1.29 is 0 Å². The molecule has 2 nitrogen and oxygen atoms in total. The largest absolute Gasteiger partial charge is 0.309 e. The van der Waals surface area contributed by atoms with Crippen LogP contribution in [0.5, 0.6) is 0 Å². The Kier molecular flexibility index (Phi) is 5.87. The molecule has 0 bridgehead atoms. The van der Waals surface area contributed by atoms with Gasteiger partial charge in [-0.3, -0.25) is 0 Å². The van der Waals surface area contributed by atoms with E-state index in [-0.39, 0.29) is 0 Å². The molecule has 0 aromatic rings. The van der Waals surface area contributed by atoms with Gasteiger partial charge in [-0.15, -0.1) is 0 Å². The lowest BCUT2D eigenvalue weighted by Crippen LogP contribution is -2.60. The van der Waals surface area contributed by atoms with Crippen LogP contribution < -0.4 is 5.32 Å². The van der Waals surface area contributed by atoms with Gasteiger partial charge in [-0.1, -0.05) is 38.3 Å². The van der Waals surface area contributed by atoms with Crippen molar-refractivity contribution in [2.24, 2.45) is 5.92 Å². The summed E-state index contributed by atoms with van der Waals surface area (Å²) in [6, 6.07) is 0.477. The molecular weight excluding hydrogens is 220 g/mol. The van der Waals surface area contributed by atoms with Crippen molar-refractivity contribution in [1.29, 1.82) is 0 Å². The molecule has 0 heterocycles. The van der Waals surface area contributed by atoms with E-state index < -0.39 is 0 Å². The van der Waals surface area contributed by atoms with Crippen LogP contribution in [-0.4, -0.2) is 37.1 Å². The van der Waals surface area contributed by atoms with Crippen molar-refractivity contribution in [1.82, 2.24) is 10.2 Å². The van der Waals surface area contributed by atoms with E-state index in [0.29, 0.717) is 11.6 Å². The number of rotatable bonds is 5.